The highest BCUT2D eigenvalue weighted by Gasteiger charge is 2.36. The zero-order valence-corrected chi connectivity index (χ0v) is 17.7. The molecule has 26 heavy (non-hydrogen) atoms. The number of carbonyl (C=O) groups is 1. The summed E-state index contributed by atoms with van der Waals surface area (Å²) < 4.78 is 7.15. The normalized spacial score (nSPS) is 18.7. The van der Waals surface area contributed by atoms with E-state index >= 15 is 0 Å². The SMILES string of the molecule is CCCSC1=NN2C(=c3ccccc3=NC2c2cc(Br)c(Br)o2)C(=O)N1. The van der Waals surface area contributed by atoms with Crippen molar-refractivity contribution >= 4 is 60.4 Å². The fraction of sp³-hybridized carbons (Fsp3) is 0.235. The number of nitrogens with zero attached hydrogens (tertiary/aromatic N) is 3. The van der Waals surface area contributed by atoms with Crippen LogP contribution in [0.5, 0.6) is 0 Å². The van der Waals surface area contributed by atoms with Crippen LogP contribution in [-0.4, -0.2) is 21.8 Å². The van der Waals surface area contributed by atoms with E-state index in [9.17, 15) is 4.79 Å². The lowest BCUT2D eigenvalue weighted by Gasteiger charge is -2.32. The van der Waals surface area contributed by atoms with Gasteiger partial charge in [0.2, 0.25) is 6.17 Å². The van der Waals surface area contributed by atoms with E-state index in [1.54, 1.807) is 5.01 Å². The van der Waals surface area contributed by atoms with E-state index in [1.165, 1.54) is 11.8 Å². The Morgan fingerprint density at radius 2 is 2.15 bits per heavy atom. The Labute approximate surface area is 170 Å². The van der Waals surface area contributed by atoms with Crippen LogP contribution in [0.15, 0.2) is 54.0 Å². The van der Waals surface area contributed by atoms with Crippen molar-refractivity contribution < 1.29 is 9.21 Å². The second kappa shape index (κ2) is 7.21. The second-order valence-electron chi connectivity index (χ2n) is 5.69. The Morgan fingerprint density at radius 1 is 1.35 bits per heavy atom. The molecule has 0 saturated carbocycles. The molecule has 1 amide bonds. The first kappa shape index (κ1) is 17.8. The van der Waals surface area contributed by atoms with Crippen LogP contribution in [0.25, 0.3) is 5.70 Å². The smallest absolute Gasteiger partial charge is 0.276 e. The molecule has 134 valence electrons. The number of furan rings is 1. The molecule has 2 aromatic rings. The average molecular weight is 498 g/mol. The first-order valence-corrected chi connectivity index (χ1v) is 10.6. The van der Waals surface area contributed by atoms with E-state index in [-0.39, 0.29) is 5.91 Å². The first-order valence-electron chi connectivity index (χ1n) is 8.02. The number of hydrogen-bond donors (Lipinski definition) is 1. The maximum absolute atomic E-state index is 12.8. The summed E-state index contributed by atoms with van der Waals surface area (Å²) in [5, 5.41) is 11.3. The molecule has 1 aromatic carbocycles. The molecule has 0 aliphatic carbocycles. The van der Waals surface area contributed by atoms with Crippen molar-refractivity contribution in [3.63, 3.8) is 0 Å². The standard InChI is InChI=1S/C17H14Br2N4O2S/c1-2-7-26-17-21-16(24)13-9-5-3-4-6-11(9)20-15(23(13)22-17)12-8-10(18)14(19)25-12/h3-6,8,15H,2,7H2,1H3,(H,21,22,24). The first-order chi connectivity index (χ1) is 12.6. The summed E-state index contributed by atoms with van der Waals surface area (Å²) >= 11 is 8.31. The van der Waals surface area contributed by atoms with E-state index in [1.807, 2.05) is 30.3 Å². The molecule has 9 heteroatoms. The maximum Gasteiger partial charge on any atom is 0.276 e. The number of carbonyl (C=O) groups excluding carboxylic acids is 1. The van der Waals surface area contributed by atoms with E-state index < -0.39 is 6.17 Å². The van der Waals surface area contributed by atoms with Gasteiger partial charge in [-0.25, -0.2) is 10.0 Å². The van der Waals surface area contributed by atoms with Gasteiger partial charge in [0, 0.05) is 11.0 Å². The Hall–Kier alpha value is -1.58. The lowest BCUT2D eigenvalue weighted by Crippen LogP contribution is -2.50. The quantitative estimate of drug-likeness (QED) is 0.707. The van der Waals surface area contributed by atoms with Gasteiger partial charge in [0.25, 0.3) is 5.91 Å². The Balaban J connectivity index is 1.90. The fourth-order valence-electron chi connectivity index (χ4n) is 2.77. The van der Waals surface area contributed by atoms with Gasteiger partial charge < -0.3 is 4.42 Å². The van der Waals surface area contributed by atoms with Crippen molar-refractivity contribution in [2.45, 2.75) is 19.5 Å². The van der Waals surface area contributed by atoms with Gasteiger partial charge in [-0.2, -0.15) is 0 Å². The molecule has 1 unspecified atom stereocenters. The number of halogens is 2. The van der Waals surface area contributed by atoms with Gasteiger partial charge in [-0.15, -0.1) is 5.10 Å². The van der Waals surface area contributed by atoms with Gasteiger partial charge in [0.1, 0.15) is 5.70 Å². The molecule has 0 fully saturated rings. The van der Waals surface area contributed by atoms with E-state index in [0.29, 0.717) is 21.3 Å². The van der Waals surface area contributed by atoms with Gasteiger partial charge >= 0.3 is 0 Å². The van der Waals surface area contributed by atoms with Crippen LogP contribution in [0.3, 0.4) is 0 Å². The van der Waals surface area contributed by atoms with Crippen molar-refractivity contribution in [3.8, 4) is 0 Å². The summed E-state index contributed by atoms with van der Waals surface area (Å²) in [6.45, 7) is 2.09. The summed E-state index contributed by atoms with van der Waals surface area (Å²) in [5.41, 5.74) is 0.477. The summed E-state index contributed by atoms with van der Waals surface area (Å²) in [6, 6.07) is 9.39. The molecule has 0 spiro atoms. The molecule has 0 radical (unpaired) electrons. The van der Waals surface area contributed by atoms with Crippen LogP contribution in [-0.2, 0) is 4.79 Å². The van der Waals surface area contributed by atoms with Crippen LogP contribution >= 0.6 is 43.6 Å². The maximum atomic E-state index is 12.8. The summed E-state index contributed by atoms with van der Waals surface area (Å²) in [6.07, 6.45) is 0.441. The highest BCUT2D eigenvalue weighted by Crippen LogP contribution is 2.36. The van der Waals surface area contributed by atoms with Gasteiger partial charge in [0.15, 0.2) is 15.6 Å². The number of amidine groups is 1. The van der Waals surface area contributed by atoms with Gasteiger partial charge in [-0.3, -0.25) is 10.1 Å². The number of benzene rings is 1. The van der Waals surface area contributed by atoms with E-state index in [0.717, 1.165) is 27.2 Å². The van der Waals surface area contributed by atoms with Crippen LogP contribution in [0.2, 0.25) is 0 Å². The second-order valence-corrected chi connectivity index (χ2v) is 8.35. The van der Waals surface area contributed by atoms with Crippen LogP contribution < -0.4 is 15.9 Å². The number of thioether (sulfide) groups is 1. The topological polar surface area (TPSA) is 70.2 Å². The highest BCUT2D eigenvalue weighted by molar-refractivity contribution is 9.13. The molecule has 1 N–H and O–H groups in total. The van der Waals surface area contributed by atoms with Gasteiger partial charge in [0.05, 0.1) is 9.83 Å². The van der Waals surface area contributed by atoms with Crippen molar-refractivity contribution in [2.24, 2.45) is 10.1 Å². The number of para-hydroxylation sites is 1. The molecule has 1 aromatic heterocycles. The van der Waals surface area contributed by atoms with Crippen LogP contribution in [0.4, 0.5) is 0 Å². The van der Waals surface area contributed by atoms with Gasteiger partial charge in [-0.1, -0.05) is 36.9 Å². The third kappa shape index (κ3) is 3.12. The number of nitrogens with one attached hydrogen (secondary N) is 1. The molecule has 0 bridgehead atoms. The van der Waals surface area contributed by atoms with Crippen molar-refractivity contribution in [2.75, 3.05) is 5.75 Å². The number of fused-ring (bicyclic) bond motifs is 2. The largest absolute Gasteiger partial charge is 0.449 e. The van der Waals surface area contributed by atoms with Crippen molar-refractivity contribution in [3.05, 3.63) is 55.8 Å². The number of amides is 1. The molecule has 3 heterocycles. The lowest BCUT2D eigenvalue weighted by atomic mass is 10.1. The summed E-state index contributed by atoms with van der Waals surface area (Å²) in [7, 11) is 0. The summed E-state index contributed by atoms with van der Waals surface area (Å²) in [5.74, 6) is 1.28. The Morgan fingerprint density at radius 3 is 2.88 bits per heavy atom. The molecule has 6 nitrogen and oxygen atoms in total. The highest BCUT2D eigenvalue weighted by atomic mass is 79.9. The number of hydrazone groups is 1. The third-order valence-electron chi connectivity index (χ3n) is 3.88. The molecule has 2 aliphatic rings. The molecule has 4 rings (SSSR count). The fourth-order valence-corrected chi connectivity index (χ4v) is 4.08. The molecular weight excluding hydrogens is 484 g/mol. The Kier molecular flexibility index (Phi) is 4.94. The minimum atomic E-state index is -0.550. The molecule has 2 aliphatic heterocycles. The number of hydrogen-bond acceptors (Lipinski definition) is 6. The molecule has 0 saturated heterocycles. The lowest BCUT2D eigenvalue weighted by molar-refractivity contribution is -0.116. The minimum absolute atomic E-state index is 0.185. The van der Waals surface area contributed by atoms with Crippen molar-refractivity contribution in [1.29, 1.82) is 0 Å². The van der Waals surface area contributed by atoms with Gasteiger partial charge in [-0.05, 0) is 50.4 Å². The van der Waals surface area contributed by atoms with Crippen LogP contribution in [0, 0.1) is 0 Å². The van der Waals surface area contributed by atoms with Crippen molar-refractivity contribution in [1.82, 2.24) is 10.3 Å². The predicted molar refractivity (Wildman–Crippen MR) is 108 cm³/mol. The Bertz CT molecular complexity index is 1010. The van der Waals surface area contributed by atoms with E-state index in [4.69, 9.17) is 9.41 Å². The molecule has 1 atom stereocenters. The zero-order chi connectivity index (χ0) is 18.3. The minimum Gasteiger partial charge on any atom is -0.449 e. The predicted octanol–water partition coefficient (Wildman–Crippen LogP) is 3.09. The zero-order valence-electron chi connectivity index (χ0n) is 13.7. The summed E-state index contributed by atoms with van der Waals surface area (Å²) in [4.78, 5) is 17.6. The number of rotatable bonds is 3. The average Bonchev–Trinajstić information content (AvgIpc) is 2.97. The monoisotopic (exact) mass is 496 g/mol. The van der Waals surface area contributed by atoms with Crippen LogP contribution in [0.1, 0.15) is 25.3 Å². The van der Waals surface area contributed by atoms with E-state index in [2.05, 4.69) is 49.2 Å². The molecular formula is C17H14Br2N4O2S. The third-order valence-corrected chi connectivity index (χ3v) is 6.66.